The third kappa shape index (κ3) is 4.69. The fraction of sp³-hybridized carbons (Fsp3) is 0.667. The van der Waals surface area contributed by atoms with Crippen molar-refractivity contribution in [2.75, 3.05) is 39.4 Å². The van der Waals surface area contributed by atoms with E-state index < -0.39 is 29.3 Å². The zero-order valence-corrected chi connectivity index (χ0v) is 16.4. The van der Waals surface area contributed by atoms with Crippen LogP contribution in [0, 0.1) is 23.4 Å². The van der Waals surface area contributed by atoms with Crippen molar-refractivity contribution in [3.63, 3.8) is 0 Å². The number of benzene rings is 1. The van der Waals surface area contributed by atoms with E-state index in [1.165, 1.54) is 0 Å². The van der Waals surface area contributed by atoms with Crippen molar-refractivity contribution in [2.24, 2.45) is 5.92 Å². The summed E-state index contributed by atoms with van der Waals surface area (Å²) in [4.78, 5) is 17.1. The molecule has 29 heavy (non-hydrogen) atoms. The minimum Gasteiger partial charge on any atom is -0.484 e. The molecule has 1 atom stereocenters. The Bertz CT molecular complexity index is 703. The Morgan fingerprint density at radius 2 is 1.62 bits per heavy atom. The van der Waals surface area contributed by atoms with Gasteiger partial charge in [0.15, 0.2) is 17.4 Å². The smallest absolute Gasteiger partial charge is 0.225 e. The number of carbonyl (C=O) groups is 1. The van der Waals surface area contributed by atoms with E-state index in [9.17, 15) is 18.0 Å². The molecule has 0 saturated carbocycles. The van der Waals surface area contributed by atoms with Gasteiger partial charge in [0, 0.05) is 56.6 Å². The number of halogens is 3. The predicted molar refractivity (Wildman–Crippen MR) is 100 cm³/mol. The van der Waals surface area contributed by atoms with Crippen LogP contribution in [0.5, 0.6) is 5.75 Å². The fourth-order valence-corrected chi connectivity index (χ4v) is 4.58. The molecular weight excluding hydrogens is 385 g/mol. The van der Waals surface area contributed by atoms with Crippen molar-refractivity contribution >= 4 is 5.91 Å². The maximum Gasteiger partial charge on any atom is 0.225 e. The lowest BCUT2D eigenvalue weighted by atomic mass is 9.93. The standard InChI is InChI=1S/C21H27F3N2O3/c22-15-11-18(23)20(19(24)12-15)29-17-3-8-26(9-4-17)21(27)14-1-6-25(7-2-14)16-5-10-28-13-16/h11-12,14,16-17H,1-10,13H2. The summed E-state index contributed by atoms with van der Waals surface area (Å²) in [6, 6.07) is 1.72. The minimum absolute atomic E-state index is 0.0398. The Labute approximate surface area is 168 Å². The summed E-state index contributed by atoms with van der Waals surface area (Å²) in [6.45, 7) is 4.48. The van der Waals surface area contributed by atoms with Gasteiger partial charge in [-0.25, -0.2) is 13.2 Å². The fourth-order valence-electron chi connectivity index (χ4n) is 4.58. The number of piperidine rings is 2. The molecule has 3 aliphatic heterocycles. The topological polar surface area (TPSA) is 42.0 Å². The summed E-state index contributed by atoms with van der Waals surface area (Å²) in [7, 11) is 0. The van der Waals surface area contributed by atoms with Crippen molar-refractivity contribution in [1.82, 2.24) is 9.80 Å². The number of amides is 1. The third-order valence-electron chi connectivity index (χ3n) is 6.30. The van der Waals surface area contributed by atoms with Crippen LogP contribution >= 0.6 is 0 Å². The average molecular weight is 412 g/mol. The first-order valence-corrected chi connectivity index (χ1v) is 10.4. The van der Waals surface area contributed by atoms with E-state index in [4.69, 9.17) is 9.47 Å². The van der Waals surface area contributed by atoms with Crippen LogP contribution < -0.4 is 4.74 Å². The summed E-state index contributed by atoms with van der Waals surface area (Å²) in [5.74, 6) is -3.39. The van der Waals surface area contributed by atoms with Crippen LogP contribution in [0.4, 0.5) is 13.2 Å². The molecule has 1 unspecified atom stereocenters. The highest BCUT2D eigenvalue weighted by atomic mass is 19.1. The van der Waals surface area contributed by atoms with Crippen LogP contribution in [0.25, 0.3) is 0 Å². The Hall–Kier alpha value is -1.80. The molecule has 3 heterocycles. The molecule has 0 N–H and O–H groups in total. The van der Waals surface area contributed by atoms with Crippen LogP contribution in [0.3, 0.4) is 0 Å². The second-order valence-corrected chi connectivity index (χ2v) is 8.17. The molecule has 1 aromatic rings. The lowest BCUT2D eigenvalue weighted by molar-refractivity contribution is -0.139. The Morgan fingerprint density at radius 3 is 2.21 bits per heavy atom. The second kappa shape index (κ2) is 8.92. The predicted octanol–water partition coefficient (Wildman–Crippen LogP) is 2.97. The van der Waals surface area contributed by atoms with E-state index >= 15 is 0 Å². The third-order valence-corrected chi connectivity index (χ3v) is 6.30. The molecule has 160 valence electrons. The van der Waals surface area contributed by atoms with Gasteiger partial charge in [0.2, 0.25) is 5.91 Å². The first-order chi connectivity index (χ1) is 14.0. The quantitative estimate of drug-likeness (QED) is 0.763. The number of nitrogens with zero attached hydrogens (tertiary/aromatic N) is 2. The van der Waals surface area contributed by atoms with Gasteiger partial charge in [-0.05, 0) is 32.4 Å². The maximum atomic E-state index is 13.8. The number of carbonyl (C=O) groups excluding carboxylic acids is 1. The van der Waals surface area contributed by atoms with Crippen molar-refractivity contribution in [3.8, 4) is 5.75 Å². The average Bonchev–Trinajstić information content (AvgIpc) is 3.26. The van der Waals surface area contributed by atoms with Gasteiger partial charge >= 0.3 is 0 Å². The van der Waals surface area contributed by atoms with Crippen molar-refractivity contribution in [1.29, 1.82) is 0 Å². The zero-order chi connectivity index (χ0) is 20.4. The van der Waals surface area contributed by atoms with E-state index in [2.05, 4.69) is 4.90 Å². The van der Waals surface area contributed by atoms with Crippen molar-refractivity contribution in [2.45, 2.75) is 44.2 Å². The highest BCUT2D eigenvalue weighted by Crippen LogP contribution is 2.28. The van der Waals surface area contributed by atoms with Gasteiger partial charge in [-0.1, -0.05) is 0 Å². The van der Waals surface area contributed by atoms with Crippen LogP contribution in [0.1, 0.15) is 32.1 Å². The van der Waals surface area contributed by atoms with Gasteiger partial charge in [0.05, 0.1) is 6.61 Å². The van der Waals surface area contributed by atoms with E-state index in [-0.39, 0.29) is 11.8 Å². The Balaban J connectivity index is 1.25. The lowest BCUT2D eigenvalue weighted by Crippen LogP contribution is -2.48. The highest BCUT2D eigenvalue weighted by Gasteiger charge is 2.34. The number of likely N-dealkylation sites (tertiary alicyclic amines) is 2. The van der Waals surface area contributed by atoms with E-state index in [0.717, 1.165) is 45.6 Å². The molecule has 5 nitrogen and oxygen atoms in total. The zero-order valence-electron chi connectivity index (χ0n) is 16.4. The molecule has 4 rings (SSSR count). The normalized spacial score (nSPS) is 24.8. The van der Waals surface area contributed by atoms with Gasteiger partial charge in [-0.2, -0.15) is 0 Å². The molecule has 0 radical (unpaired) electrons. The molecule has 0 bridgehead atoms. The lowest BCUT2D eigenvalue weighted by Gasteiger charge is -2.38. The van der Waals surface area contributed by atoms with E-state index in [0.29, 0.717) is 44.1 Å². The van der Waals surface area contributed by atoms with Gasteiger partial charge in [0.1, 0.15) is 11.9 Å². The number of rotatable bonds is 4. The molecule has 1 aromatic carbocycles. The second-order valence-electron chi connectivity index (χ2n) is 8.17. The summed E-state index contributed by atoms with van der Waals surface area (Å²) in [5.41, 5.74) is 0. The Kier molecular flexibility index (Phi) is 6.29. The monoisotopic (exact) mass is 412 g/mol. The van der Waals surface area contributed by atoms with Gasteiger partial charge < -0.3 is 14.4 Å². The van der Waals surface area contributed by atoms with Crippen LogP contribution in [0.2, 0.25) is 0 Å². The maximum absolute atomic E-state index is 13.8. The summed E-state index contributed by atoms with van der Waals surface area (Å²) in [6.07, 6.45) is 3.40. The molecule has 3 saturated heterocycles. The highest BCUT2D eigenvalue weighted by molar-refractivity contribution is 5.79. The van der Waals surface area contributed by atoms with E-state index in [1.54, 1.807) is 0 Å². The molecule has 3 fully saturated rings. The SMILES string of the molecule is O=C(C1CCN(C2CCOC2)CC1)N1CCC(Oc2c(F)cc(F)cc2F)CC1. The molecule has 0 aliphatic carbocycles. The first kappa shape index (κ1) is 20.5. The minimum atomic E-state index is -1.04. The van der Waals surface area contributed by atoms with Crippen molar-refractivity contribution in [3.05, 3.63) is 29.6 Å². The van der Waals surface area contributed by atoms with Crippen LogP contribution in [0.15, 0.2) is 12.1 Å². The number of ether oxygens (including phenoxy) is 2. The van der Waals surface area contributed by atoms with Gasteiger partial charge in [-0.3, -0.25) is 9.69 Å². The first-order valence-electron chi connectivity index (χ1n) is 10.4. The summed E-state index contributed by atoms with van der Waals surface area (Å²) < 4.78 is 51.5. The summed E-state index contributed by atoms with van der Waals surface area (Å²) in [5, 5.41) is 0. The molecule has 8 heteroatoms. The molecule has 0 spiro atoms. The molecular formula is C21H27F3N2O3. The molecule has 3 aliphatic rings. The largest absolute Gasteiger partial charge is 0.484 e. The van der Waals surface area contributed by atoms with Gasteiger partial charge in [-0.15, -0.1) is 0 Å². The van der Waals surface area contributed by atoms with Crippen LogP contribution in [-0.2, 0) is 9.53 Å². The van der Waals surface area contributed by atoms with Gasteiger partial charge in [0.25, 0.3) is 0 Å². The Morgan fingerprint density at radius 1 is 0.966 bits per heavy atom. The van der Waals surface area contributed by atoms with E-state index in [1.807, 2.05) is 4.90 Å². The number of hydrogen-bond donors (Lipinski definition) is 0. The number of hydrogen-bond acceptors (Lipinski definition) is 4. The van der Waals surface area contributed by atoms with Crippen LogP contribution in [-0.4, -0.2) is 67.2 Å². The summed E-state index contributed by atoms with van der Waals surface area (Å²) >= 11 is 0. The molecule has 0 aromatic heterocycles. The van der Waals surface area contributed by atoms with Crippen molar-refractivity contribution < 1.29 is 27.4 Å². The molecule has 1 amide bonds.